The summed E-state index contributed by atoms with van der Waals surface area (Å²) in [6, 6.07) is 1.83. The number of carbonyl (C=O) groups excluding carboxylic acids is 1. The molecule has 0 unspecified atom stereocenters. The van der Waals surface area contributed by atoms with Gasteiger partial charge in [0.1, 0.15) is 30.7 Å². The van der Waals surface area contributed by atoms with Crippen molar-refractivity contribution in [3.8, 4) is 11.8 Å². The van der Waals surface area contributed by atoms with Gasteiger partial charge in [0.15, 0.2) is 0 Å². The number of alkyl halides is 1. The number of rotatable bonds is 2. The fourth-order valence-corrected chi connectivity index (χ4v) is 2.21. The van der Waals surface area contributed by atoms with Crippen molar-refractivity contribution in [3.63, 3.8) is 0 Å². The zero-order valence-electron chi connectivity index (χ0n) is 12.4. The van der Waals surface area contributed by atoms with E-state index in [4.69, 9.17) is 10.00 Å². The Labute approximate surface area is 123 Å². The first-order chi connectivity index (χ1) is 9.90. The Morgan fingerprint density at radius 2 is 2.33 bits per heavy atom. The van der Waals surface area contributed by atoms with E-state index < -0.39 is 12.1 Å². The van der Waals surface area contributed by atoms with Gasteiger partial charge in [-0.2, -0.15) is 5.26 Å². The van der Waals surface area contributed by atoms with Crippen LogP contribution in [-0.4, -0.2) is 35.1 Å². The van der Waals surface area contributed by atoms with Gasteiger partial charge < -0.3 is 9.64 Å². The zero-order valence-corrected chi connectivity index (χ0v) is 12.4. The lowest BCUT2D eigenvalue weighted by Crippen LogP contribution is -2.47. The lowest BCUT2D eigenvalue weighted by molar-refractivity contribution is -0.144. The van der Waals surface area contributed by atoms with Gasteiger partial charge >= 0.3 is 0 Å². The number of carbonyl (C=O) groups is 1. The van der Waals surface area contributed by atoms with Gasteiger partial charge in [-0.1, -0.05) is 0 Å². The van der Waals surface area contributed by atoms with Crippen LogP contribution in [0.2, 0.25) is 0 Å². The van der Waals surface area contributed by atoms with Gasteiger partial charge in [-0.15, -0.1) is 0 Å². The second-order valence-corrected chi connectivity index (χ2v) is 5.90. The highest BCUT2D eigenvalue weighted by Gasteiger charge is 2.36. The maximum Gasteiger partial charge on any atom is 0.231 e. The Bertz CT molecular complexity index is 595. The summed E-state index contributed by atoms with van der Waals surface area (Å²) in [5, 5.41) is 9.09. The zero-order chi connectivity index (χ0) is 15.6. The lowest BCUT2D eigenvalue weighted by atomic mass is 9.92. The van der Waals surface area contributed by atoms with Gasteiger partial charge in [0.05, 0.1) is 18.0 Å². The van der Waals surface area contributed by atoms with Gasteiger partial charge in [-0.3, -0.25) is 9.78 Å². The fourth-order valence-electron chi connectivity index (χ4n) is 2.21. The van der Waals surface area contributed by atoms with Crippen LogP contribution in [0, 0.1) is 16.7 Å². The molecule has 1 aliphatic rings. The number of nitrogens with zero attached hydrogens (tertiary/aromatic N) is 3. The molecule has 1 aromatic heterocycles. The number of hydrogen-bond acceptors (Lipinski definition) is 4. The third kappa shape index (κ3) is 2.82. The largest absolute Gasteiger partial charge is 0.490 e. The van der Waals surface area contributed by atoms with E-state index in [1.54, 1.807) is 24.9 Å². The molecule has 1 atom stereocenters. The topological polar surface area (TPSA) is 66.2 Å². The SMILES string of the molecule is C[C@@H]1COc2c(C#N)cncc2CN1C(=O)C(C)(C)CF. The number of nitriles is 1. The molecule has 1 aliphatic heterocycles. The van der Waals surface area contributed by atoms with Crippen LogP contribution in [0.3, 0.4) is 0 Å². The van der Waals surface area contributed by atoms with E-state index in [1.807, 2.05) is 13.0 Å². The van der Waals surface area contributed by atoms with Crippen molar-refractivity contribution in [2.75, 3.05) is 13.3 Å². The molecule has 21 heavy (non-hydrogen) atoms. The smallest absolute Gasteiger partial charge is 0.231 e. The summed E-state index contributed by atoms with van der Waals surface area (Å²) >= 11 is 0. The van der Waals surface area contributed by atoms with Crippen molar-refractivity contribution >= 4 is 5.91 Å². The van der Waals surface area contributed by atoms with Crippen LogP contribution in [0.5, 0.6) is 5.75 Å². The Balaban J connectivity index is 2.38. The van der Waals surface area contributed by atoms with E-state index in [-0.39, 0.29) is 25.1 Å². The van der Waals surface area contributed by atoms with E-state index in [0.717, 1.165) is 0 Å². The number of pyridine rings is 1. The number of hydrogen-bond donors (Lipinski definition) is 0. The normalized spacial score (nSPS) is 18.2. The van der Waals surface area contributed by atoms with Gasteiger partial charge in [0, 0.05) is 18.0 Å². The van der Waals surface area contributed by atoms with Crippen LogP contribution in [0.15, 0.2) is 12.4 Å². The van der Waals surface area contributed by atoms with Crippen molar-refractivity contribution in [1.29, 1.82) is 5.26 Å². The maximum absolute atomic E-state index is 13.1. The summed E-state index contributed by atoms with van der Waals surface area (Å²) < 4.78 is 18.7. The quantitative estimate of drug-likeness (QED) is 0.836. The average Bonchev–Trinajstić information content (AvgIpc) is 2.65. The lowest BCUT2D eigenvalue weighted by Gasteiger charge is -2.32. The minimum Gasteiger partial charge on any atom is -0.490 e. The van der Waals surface area contributed by atoms with E-state index in [2.05, 4.69) is 4.98 Å². The third-order valence-corrected chi connectivity index (χ3v) is 3.61. The molecule has 0 N–H and O–H groups in total. The standard InChI is InChI=1S/C15H18FN3O2/c1-10-8-21-13-11(4-17)5-18-6-12(13)7-19(10)14(20)15(2,3)9-16/h5-6,10H,7-9H2,1-3H3/t10-/m1/s1. The Kier molecular flexibility index (Phi) is 4.12. The number of fused-ring (bicyclic) bond motifs is 1. The van der Waals surface area contributed by atoms with Gasteiger partial charge in [0.25, 0.3) is 0 Å². The molecular weight excluding hydrogens is 273 g/mol. The summed E-state index contributed by atoms with van der Waals surface area (Å²) in [4.78, 5) is 18.1. The van der Waals surface area contributed by atoms with Crippen molar-refractivity contribution in [1.82, 2.24) is 9.88 Å². The van der Waals surface area contributed by atoms with Crippen LogP contribution < -0.4 is 4.74 Å². The molecule has 0 aliphatic carbocycles. The molecular formula is C15H18FN3O2. The molecule has 0 radical (unpaired) electrons. The van der Waals surface area contributed by atoms with Crippen molar-refractivity contribution in [2.24, 2.45) is 5.41 Å². The summed E-state index contributed by atoms with van der Waals surface area (Å²) in [5.41, 5.74) is -0.0564. The van der Waals surface area contributed by atoms with E-state index in [9.17, 15) is 9.18 Å². The Hall–Kier alpha value is -2.16. The van der Waals surface area contributed by atoms with E-state index in [0.29, 0.717) is 16.9 Å². The summed E-state index contributed by atoms with van der Waals surface area (Å²) in [7, 11) is 0. The molecule has 1 aromatic rings. The highest BCUT2D eigenvalue weighted by molar-refractivity contribution is 5.82. The number of amides is 1. The van der Waals surface area contributed by atoms with Crippen LogP contribution in [0.1, 0.15) is 31.9 Å². The predicted octanol–water partition coefficient (Wildman–Crippen LogP) is 2.06. The molecule has 0 bridgehead atoms. The average molecular weight is 291 g/mol. The maximum atomic E-state index is 13.1. The summed E-state index contributed by atoms with van der Waals surface area (Å²) in [6.07, 6.45) is 3.02. The summed E-state index contributed by atoms with van der Waals surface area (Å²) in [5.74, 6) is 0.198. The second-order valence-electron chi connectivity index (χ2n) is 5.90. The summed E-state index contributed by atoms with van der Waals surface area (Å²) in [6.45, 7) is 4.81. The van der Waals surface area contributed by atoms with E-state index >= 15 is 0 Å². The number of halogens is 1. The Morgan fingerprint density at radius 1 is 1.62 bits per heavy atom. The van der Waals surface area contributed by atoms with Crippen LogP contribution in [-0.2, 0) is 11.3 Å². The molecule has 2 heterocycles. The molecule has 112 valence electrons. The highest BCUT2D eigenvalue weighted by Crippen LogP contribution is 2.30. The molecule has 2 rings (SSSR count). The molecule has 0 fully saturated rings. The molecule has 0 spiro atoms. The molecule has 5 nitrogen and oxygen atoms in total. The minimum atomic E-state index is -1.07. The van der Waals surface area contributed by atoms with Crippen molar-refractivity contribution in [3.05, 3.63) is 23.5 Å². The first kappa shape index (κ1) is 15.2. The van der Waals surface area contributed by atoms with Gasteiger partial charge in [0.2, 0.25) is 5.91 Å². The fraction of sp³-hybridized carbons (Fsp3) is 0.533. The Morgan fingerprint density at radius 3 is 2.95 bits per heavy atom. The molecule has 0 saturated heterocycles. The van der Waals surface area contributed by atoms with Crippen molar-refractivity contribution in [2.45, 2.75) is 33.4 Å². The van der Waals surface area contributed by atoms with Crippen molar-refractivity contribution < 1.29 is 13.9 Å². The van der Waals surface area contributed by atoms with Crippen LogP contribution >= 0.6 is 0 Å². The number of aromatic nitrogens is 1. The highest BCUT2D eigenvalue weighted by atomic mass is 19.1. The molecule has 0 saturated carbocycles. The molecule has 6 heteroatoms. The predicted molar refractivity (Wildman–Crippen MR) is 74.2 cm³/mol. The van der Waals surface area contributed by atoms with Gasteiger partial charge in [-0.05, 0) is 20.8 Å². The van der Waals surface area contributed by atoms with E-state index in [1.165, 1.54) is 6.20 Å². The first-order valence-corrected chi connectivity index (χ1v) is 6.77. The minimum absolute atomic E-state index is 0.206. The second kappa shape index (κ2) is 5.68. The van der Waals surface area contributed by atoms with Crippen LogP contribution in [0.4, 0.5) is 4.39 Å². The first-order valence-electron chi connectivity index (χ1n) is 6.77. The molecule has 0 aromatic carbocycles. The third-order valence-electron chi connectivity index (χ3n) is 3.61. The monoisotopic (exact) mass is 291 g/mol. The molecule has 1 amide bonds. The number of ether oxygens (including phenoxy) is 1. The van der Waals surface area contributed by atoms with Gasteiger partial charge in [-0.25, -0.2) is 4.39 Å². The van der Waals surface area contributed by atoms with Crippen LogP contribution in [0.25, 0.3) is 0 Å².